The van der Waals surface area contributed by atoms with Crippen LogP contribution in [0.4, 0.5) is 5.82 Å². The number of piperidine rings is 1. The first-order valence-corrected chi connectivity index (χ1v) is 10.4. The van der Waals surface area contributed by atoms with Crippen molar-refractivity contribution in [3.8, 4) is 0 Å². The van der Waals surface area contributed by atoms with Gasteiger partial charge in [0.15, 0.2) is 0 Å². The van der Waals surface area contributed by atoms with E-state index in [0.717, 1.165) is 64.7 Å². The summed E-state index contributed by atoms with van der Waals surface area (Å²) in [5, 5.41) is 4.56. The lowest BCUT2D eigenvalue weighted by Gasteiger charge is -2.32. The second-order valence-electron chi connectivity index (χ2n) is 6.55. The summed E-state index contributed by atoms with van der Waals surface area (Å²) >= 11 is 7.58. The first-order chi connectivity index (χ1) is 13.7. The first-order valence-electron chi connectivity index (χ1n) is 9.22. The highest BCUT2D eigenvalue weighted by Crippen LogP contribution is 2.32. The molecule has 3 aromatic rings. The third-order valence-corrected chi connectivity index (χ3v) is 5.89. The Morgan fingerprint density at radius 1 is 1.29 bits per heavy atom. The van der Waals surface area contributed by atoms with Crippen molar-refractivity contribution in [1.82, 2.24) is 14.9 Å². The van der Waals surface area contributed by atoms with Crippen molar-refractivity contribution in [2.45, 2.75) is 25.4 Å². The highest BCUT2D eigenvalue weighted by molar-refractivity contribution is 7.22. The van der Waals surface area contributed by atoms with Crippen molar-refractivity contribution in [2.24, 2.45) is 5.73 Å². The number of hydrogen-bond donors (Lipinski definition) is 2. The Morgan fingerprint density at radius 3 is 2.82 bits per heavy atom. The summed E-state index contributed by atoms with van der Waals surface area (Å²) in [7, 11) is 1.50. The number of anilines is 1. The summed E-state index contributed by atoms with van der Waals surface area (Å²) < 4.78 is 0.732. The molecule has 0 radical (unpaired) electrons. The second kappa shape index (κ2) is 9.93. The Labute approximate surface area is 173 Å². The summed E-state index contributed by atoms with van der Waals surface area (Å²) in [4.78, 5) is 22.9. The molecule has 3 N–H and O–H groups in total. The fourth-order valence-electron chi connectivity index (χ4n) is 3.39. The van der Waals surface area contributed by atoms with Crippen molar-refractivity contribution in [1.29, 1.82) is 0 Å². The predicted molar refractivity (Wildman–Crippen MR) is 116 cm³/mol. The van der Waals surface area contributed by atoms with Crippen LogP contribution in [0.3, 0.4) is 0 Å². The van der Waals surface area contributed by atoms with Gasteiger partial charge in [0.2, 0.25) is 0 Å². The maximum atomic E-state index is 10.9. The molecule has 1 saturated heterocycles. The Bertz CT molecular complexity index is 924. The van der Waals surface area contributed by atoms with Gasteiger partial charge in [0.1, 0.15) is 23.3 Å². The lowest BCUT2D eigenvalue weighted by molar-refractivity contribution is 0.112. The largest absolute Gasteiger partial charge is 0.367 e. The van der Waals surface area contributed by atoms with Crippen LogP contribution in [0.1, 0.15) is 28.8 Å². The van der Waals surface area contributed by atoms with Gasteiger partial charge in [-0.05, 0) is 37.6 Å². The zero-order valence-electron chi connectivity index (χ0n) is 15.8. The van der Waals surface area contributed by atoms with Crippen molar-refractivity contribution in [3.63, 3.8) is 0 Å². The van der Waals surface area contributed by atoms with Crippen LogP contribution in [0.2, 0.25) is 4.34 Å². The van der Waals surface area contributed by atoms with Gasteiger partial charge < -0.3 is 11.1 Å². The first kappa shape index (κ1) is 20.7. The Balaban J connectivity index is 0.00000109. The lowest BCUT2D eigenvalue weighted by atomic mass is 10.0. The van der Waals surface area contributed by atoms with Crippen LogP contribution >= 0.6 is 22.9 Å². The molecule has 0 spiro atoms. The van der Waals surface area contributed by atoms with E-state index >= 15 is 0 Å². The van der Waals surface area contributed by atoms with E-state index in [4.69, 9.17) is 11.6 Å². The molecule has 0 amide bonds. The quantitative estimate of drug-likeness (QED) is 0.614. The number of nitrogens with zero attached hydrogens (tertiary/aromatic N) is 3. The molecule has 0 bridgehead atoms. The number of rotatable bonds is 5. The van der Waals surface area contributed by atoms with Crippen LogP contribution < -0.4 is 11.1 Å². The molecule has 1 aliphatic rings. The fourth-order valence-corrected chi connectivity index (χ4v) is 4.45. The monoisotopic (exact) mass is 417 g/mol. The number of fused-ring (bicyclic) bond motifs is 1. The van der Waals surface area contributed by atoms with Crippen LogP contribution in [0.15, 0.2) is 36.7 Å². The summed E-state index contributed by atoms with van der Waals surface area (Å²) in [5.41, 5.74) is 6.42. The third-order valence-electron chi connectivity index (χ3n) is 4.72. The van der Waals surface area contributed by atoms with Gasteiger partial charge in [-0.25, -0.2) is 9.97 Å². The number of likely N-dealkylation sites (tertiary alicyclic amines) is 1. The smallest absolute Gasteiger partial charge is 0.150 e. The number of nitrogens with one attached hydrogen (secondary N) is 1. The molecule has 0 unspecified atom stereocenters. The lowest BCUT2D eigenvalue weighted by Crippen LogP contribution is -2.38. The molecule has 0 aliphatic carbocycles. The molecular formula is C20H24ClN5OS. The minimum atomic E-state index is 0.393. The predicted octanol–water partition coefficient (Wildman–Crippen LogP) is 3.81. The van der Waals surface area contributed by atoms with E-state index in [1.54, 1.807) is 6.33 Å². The Kier molecular flexibility index (Phi) is 7.33. The number of nitrogens with two attached hydrogens (primary N) is 1. The molecule has 1 fully saturated rings. The van der Waals surface area contributed by atoms with Crippen molar-refractivity contribution < 1.29 is 4.79 Å². The van der Waals surface area contributed by atoms with Crippen LogP contribution in [-0.2, 0) is 6.54 Å². The zero-order valence-corrected chi connectivity index (χ0v) is 17.3. The van der Waals surface area contributed by atoms with Gasteiger partial charge >= 0.3 is 0 Å². The number of aldehydes is 1. The molecule has 28 heavy (non-hydrogen) atoms. The summed E-state index contributed by atoms with van der Waals surface area (Å²) in [6, 6.07) is 10.2. The fraction of sp³-hybridized carbons (Fsp3) is 0.350. The molecule has 148 valence electrons. The number of benzene rings is 1. The number of hydrogen-bond acceptors (Lipinski definition) is 7. The normalized spacial score (nSPS) is 15.1. The number of aromatic nitrogens is 2. The van der Waals surface area contributed by atoms with Crippen molar-refractivity contribution in [2.75, 3.05) is 25.5 Å². The van der Waals surface area contributed by atoms with Gasteiger partial charge in [0, 0.05) is 31.2 Å². The van der Waals surface area contributed by atoms with Gasteiger partial charge in [0.05, 0.1) is 9.72 Å². The van der Waals surface area contributed by atoms with E-state index in [9.17, 15) is 4.79 Å². The van der Waals surface area contributed by atoms with E-state index in [2.05, 4.69) is 32.0 Å². The SMILES string of the molecule is CN.O=Cc1cccc(CN2CCC(Nc3ncnc4sc(Cl)cc34)CC2)c1. The minimum Gasteiger partial charge on any atom is -0.367 e. The molecule has 6 nitrogen and oxygen atoms in total. The van der Waals surface area contributed by atoms with E-state index < -0.39 is 0 Å². The van der Waals surface area contributed by atoms with E-state index in [1.165, 1.54) is 23.9 Å². The summed E-state index contributed by atoms with van der Waals surface area (Å²) in [5.74, 6) is 0.871. The highest BCUT2D eigenvalue weighted by atomic mass is 35.5. The van der Waals surface area contributed by atoms with E-state index in [1.807, 2.05) is 24.3 Å². The Morgan fingerprint density at radius 2 is 2.07 bits per heavy atom. The van der Waals surface area contributed by atoms with Gasteiger partial charge in [-0.15, -0.1) is 11.3 Å². The van der Waals surface area contributed by atoms with Crippen LogP contribution in [0, 0.1) is 0 Å². The molecule has 3 heterocycles. The summed E-state index contributed by atoms with van der Waals surface area (Å²) in [6.45, 7) is 2.91. The standard InChI is InChI=1S/C19H19ClN4OS.CH5N/c20-17-9-16-18(21-12-22-19(16)26-17)23-15-4-6-24(7-5-15)10-13-2-1-3-14(8-13)11-25;1-2/h1-3,8-9,11-12,15H,4-7,10H2,(H,21,22,23);2H2,1H3. The van der Waals surface area contributed by atoms with Crippen molar-refractivity contribution >= 4 is 45.3 Å². The maximum absolute atomic E-state index is 10.9. The van der Waals surface area contributed by atoms with Crippen LogP contribution in [0.25, 0.3) is 10.2 Å². The van der Waals surface area contributed by atoms with Gasteiger partial charge in [-0.1, -0.05) is 29.8 Å². The topological polar surface area (TPSA) is 84.1 Å². The number of carbonyl (C=O) groups is 1. The molecular weight excluding hydrogens is 394 g/mol. The van der Waals surface area contributed by atoms with Gasteiger partial charge in [-0.2, -0.15) is 0 Å². The molecule has 2 aromatic heterocycles. The summed E-state index contributed by atoms with van der Waals surface area (Å²) in [6.07, 6.45) is 4.60. The molecule has 4 rings (SSSR count). The van der Waals surface area contributed by atoms with E-state index in [-0.39, 0.29) is 0 Å². The Hall–Kier alpha value is -2.06. The van der Waals surface area contributed by atoms with Crippen molar-refractivity contribution in [3.05, 3.63) is 52.1 Å². The minimum absolute atomic E-state index is 0.393. The number of halogens is 1. The highest BCUT2D eigenvalue weighted by Gasteiger charge is 2.20. The molecule has 1 aromatic carbocycles. The molecule has 8 heteroatoms. The van der Waals surface area contributed by atoms with Crippen LogP contribution in [-0.4, -0.2) is 47.3 Å². The average molecular weight is 418 g/mol. The second-order valence-corrected chi connectivity index (χ2v) is 8.21. The molecule has 0 atom stereocenters. The molecule has 0 saturated carbocycles. The molecule has 1 aliphatic heterocycles. The number of thiophene rings is 1. The van der Waals surface area contributed by atoms with E-state index in [0.29, 0.717) is 6.04 Å². The number of carbonyl (C=O) groups excluding carboxylic acids is 1. The van der Waals surface area contributed by atoms with Crippen LogP contribution in [0.5, 0.6) is 0 Å². The van der Waals surface area contributed by atoms with Gasteiger partial charge in [-0.3, -0.25) is 9.69 Å². The zero-order chi connectivity index (χ0) is 19.9. The third kappa shape index (κ3) is 5.05. The van der Waals surface area contributed by atoms with Gasteiger partial charge in [0.25, 0.3) is 0 Å². The maximum Gasteiger partial charge on any atom is 0.150 e. The average Bonchev–Trinajstić information content (AvgIpc) is 3.12.